The molecule has 0 fully saturated rings. The number of aliphatic hydroxyl groups is 1. The molecular formula is C14H12FN3O4. The number of nitrogens with zero attached hydrogens (tertiary/aromatic N) is 2. The summed E-state index contributed by atoms with van der Waals surface area (Å²) in [5.74, 6) is 2.86. The van der Waals surface area contributed by atoms with Crippen LogP contribution >= 0.6 is 0 Å². The molecule has 22 heavy (non-hydrogen) atoms. The molecule has 0 aliphatic rings. The van der Waals surface area contributed by atoms with Crippen LogP contribution in [0.1, 0.15) is 29.9 Å². The molecular weight excluding hydrogens is 293 g/mol. The Morgan fingerprint density at radius 2 is 2.18 bits per heavy atom. The van der Waals surface area contributed by atoms with E-state index in [2.05, 4.69) is 27.3 Å². The molecule has 1 heterocycles. The van der Waals surface area contributed by atoms with Crippen LogP contribution in [0.15, 0.2) is 18.2 Å². The molecule has 0 unspecified atom stereocenters. The molecule has 0 bridgehead atoms. The lowest BCUT2D eigenvalue weighted by molar-refractivity contribution is 0.0687. The highest BCUT2D eigenvalue weighted by atomic mass is 19.1. The van der Waals surface area contributed by atoms with Crippen molar-refractivity contribution >= 4 is 5.97 Å². The summed E-state index contributed by atoms with van der Waals surface area (Å²) < 4.78 is 19.1. The minimum atomic E-state index is -1.32. The number of aromatic nitrogens is 3. The number of carboxylic acid groups (broad SMARTS) is 1. The van der Waals surface area contributed by atoms with Gasteiger partial charge in [-0.1, -0.05) is 17.1 Å². The van der Waals surface area contributed by atoms with Crippen molar-refractivity contribution in [3.05, 3.63) is 35.3 Å². The lowest BCUT2D eigenvalue weighted by Crippen LogP contribution is -2.14. The van der Waals surface area contributed by atoms with Crippen LogP contribution in [-0.2, 0) is 0 Å². The normalized spacial score (nSPS) is 10.7. The smallest absolute Gasteiger partial charge is 0.362 e. The Labute approximate surface area is 124 Å². The van der Waals surface area contributed by atoms with E-state index in [9.17, 15) is 14.3 Å². The van der Waals surface area contributed by atoms with Gasteiger partial charge in [0.1, 0.15) is 17.2 Å². The van der Waals surface area contributed by atoms with Gasteiger partial charge in [-0.25, -0.2) is 14.3 Å². The fourth-order valence-corrected chi connectivity index (χ4v) is 1.43. The van der Waals surface area contributed by atoms with Crippen LogP contribution in [-0.4, -0.2) is 37.2 Å². The summed E-state index contributed by atoms with van der Waals surface area (Å²) in [5.41, 5.74) is -1.57. The molecule has 2 aromatic rings. The summed E-state index contributed by atoms with van der Waals surface area (Å²) in [6.45, 7) is 2.96. The third-order valence-electron chi connectivity index (χ3n) is 2.38. The Morgan fingerprint density at radius 3 is 2.77 bits per heavy atom. The second-order valence-electron chi connectivity index (χ2n) is 4.85. The van der Waals surface area contributed by atoms with E-state index in [1.807, 2.05) is 0 Å². The summed E-state index contributed by atoms with van der Waals surface area (Å²) in [4.78, 5) is 10.9. The van der Waals surface area contributed by atoms with Crippen molar-refractivity contribution in [3.63, 3.8) is 0 Å². The van der Waals surface area contributed by atoms with Crippen LogP contribution in [0.3, 0.4) is 0 Å². The minimum Gasteiger partial charge on any atom is -0.476 e. The SMILES string of the molecule is CC(C)(O)C#Cc1ccc(Oc2[nH]nnc2C(=O)O)cc1F. The van der Waals surface area contributed by atoms with Gasteiger partial charge in [0.2, 0.25) is 5.69 Å². The quantitative estimate of drug-likeness (QED) is 0.743. The summed E-state index contributed by atoms with van der Waals surface area (Å²) >= 11 is 0. The number of H-pyrrole nitrogens is 1. The molecule has 0 radical (unpaired) electrons. The van der Waals surface area contributed by atoms with Gasteiger partial charge < -0.3 is 14.9 Å². The Morgan fingerprint density at radius 1 is 1.45 bits per heavy atom. The summed E-state index contributed by atoms with van der Waals surface area (Å²) in [5, 5.41) is 27.3. The van der Waals surface area contributed by atoms with E-state index in [-0.39, 0.29) is 17.2 Å². The van der Waals surface area contributed by atoms with Crippen molar-refractivity contribution in [1.82, 2.24) is 15.4 Å². The first-order valence-electron chi connectivity index (χ1n) is 6.13. The van der Waals surface area contributed by atoms with Crippen molar-refractivity contribution in [2.24, 2.45) is 0 Å². The highest BCUT2D eigenvalue weighted by Gasteiger charge is 2.17. The summed E-state index contributed by atoms with van der Waals surface area (Å²) in [6, 6.07) is 3.80. The largest absolute Gasteiger partial charge is 0.476 e. The van der Waals surface area contributed by atoms with Crippen molar-refractivity contribution in [3.8, 4) is 23.5 Å². The first-order chi connectivity index (χ1) is 10.3. The van der Waals surface area contributed by atoms with E-state index >= 15 is 0 Å². The third-order valence-corrected chi connectivity index (χ3v) is 2.38. The fourth-order valence-electron chi connectivity index (χ4n) is 1.43. The number of aromatic amines is 1. The number of carbonyl (C=O) groups is 1. The van der Waals surface area contributed by atoms with Crippen LogP contribution in [0.25, 0.3) is 0 Å². The lowest BCUT2D eigenvalue weighted by Gasteiger charge is -2.07. The zero-order valence-electron chi connectivity index (χ0n) is 11.7. The minimum absolute atomic E-state index is 0.0554. The molecule has 7 nitrogen and oxygen atoms in total. The van der Waals surface area contributed by atoms with Gasteiger partial charge in [0.25, 0.3) is 5.88 Å². The molecule has 8 heteroatoms. The zero-order chi connectivity index (χ0) is 16.3. The molecule has 0 saturated carbocycles. The molecule has 0 aliphatic carbocycles. The second-order valence-corrected chi connectivity index (χ2v) is 4.85. The van der Waals surface area contributed by atoms with Crippen molar-refractivity contribution in [1.29, 1.82) is 0 Å². The molecule has 1 aromatic heterocycles. The number of benzene rings is 1. The number of rotatable bonds is 3. The Hall–Kier alpha value is -2.92. The fraction of sp³-hybridized carbons (Fsp3) is 0.214. The average molecular weight is 305 g/mol. The highest BCUT2D eigenvalue weighted by molar-refractivity contribution is 5.87. The van der Waals surface area contributed by atoms with E-state index in [0.29, 0.717) is 0 Å². The number of ether oxygens (including phenoxy) is 1. The topological polar surface area (TPSA) is 108 Å². The molecule has 0 spiro atoms. The molecule has 0 atom stereocenters. The van der Waals surface area contributed by atoms with Crippen LogP contribution in [0.2, 0.25) is 0 Å². The second kappa shape index (κ2) is 5.83. The average Bonchev–Trinajstić information content (AvgIpc) is 2.85. The van der Waals surface area contributed by atoms with E-state index < -0.39 is 23.1 Å². The maximum atomic E-state index is 13.9. The van der Waals surface area contributed by atoms with Crippen LogP contribution < -0.4 is 4.74 Å². The van der Waals surface area contributed by atoms with Crippen molar-refractivity contribution in [2.45, 2.75) is 19.4 Å². The standard InChI is InChI=1S/C14H12FN3O4/c1-14(2,21)6-5-8-3-4-9(7-10(8)15)22-12-11(13(19)20)16-18-17-12/h3-4,7,21H,1-2H3,(H,19,20)(H,16,17,18). The summed E-state index contributed by atoms with van der Waals surface area (Å²) in [7, 11) is 0. The maximum Gasteiger partial charge on any atom is 0.362 e. The van der Waals surface area contributed by atoms with Crippen molar-refractivity contribution < 1.29 is 24.1 Å². The van der Waals surface area contributed by atoms with Crippen LogP contribution in [0.5, 0.6) is 11.6 Å². The van der Waals surface area contributed by atoms with E-state index in [1.54, 1.807) is 0 Å². The number of hydrogen-bond acceptors (Lipinski definition) is 5. The van der Waals surface area contributed by atoms with Crippen LogP contribution in [0, 0.1) is 17.7 Å². The molecule has 114 valence electrons. The molecule has 0 amide bonds. The molecule has 3 N–H and O–H groups in total. The first-order valence-corrected chi connectivity index (χ1v) is 6.13. The number of carboxylic acids is 1. The zero-order valence-corrected chi connectivity index (χ0v) is 11.7. The van der Waals surface area contributed by atoms with Gasteiger partial charge in [-0.2, -0.15) is 0 Å². The van der Waals surface area contributed by atoms with E-state index in [1.165, 1.54) is 26.0 Å². The van der Waals surface area contributed by atoms with Gasteiger partial charge in [-0.15, -0.1) is 5.10 Å². The molecule has 1 aromatic carbocycles. The van der Waals surface area contributed by atoms with Gasteiger partial charge in [0, 0.05) is 6.07 Å². The Kier molecular flexibility index (Phi) is 4.10. The van der Waals surface area contributed by atoms with Gasteiger partial charge in [-0.05, 0) is 26.0 Å². The van der Waals surface area contributed by atoms with E-state index in [4.69, 9.17) is 9.84 Å². The number of aromatic carboxylic acids is 1. The number of halogens is 1. The summed E-state index contributed by atoms with van der Waals surface area (Å²) in [6.07, 6.45) is 0. The predicted molar refractivity (Wildman–Crippen MR) is 73.0 cm³/mol. The monoisotopic (exact) mass is 305 g/mol. The van der Waals surface area contributed by atoms with Gasteiger partial charge in [0.15, 0.2) is 0 Å². The molecule has 2 rings (SSSR count). The van der Waals surface area contributed by atoms with Gasteiger partial charge >= 0.3 is 5.97 Å². The number of nitrogens with one attached hydrogen (secondary N) is 1. The van der Waals surface area contributed by atoms with Crippen molar-refractivity contribution in [2.75, 3.05) is 0 Å². The Bertz CT molecular complexity index is 768. The van der Waals surface area contributed by atoms with Crippen LogP contribution in [0.4, 0.5) is 4.39 Å². The third kappa shape index (κ3) is 3.80. The Balaban J connectivity index is 2.24. The maximum absolute atomic E-state index is 13.9. The van der Waals surface area contributed by atoms with Gasteiger partial charge in [-0.3, -0.25) is 0 Å². The van der Waals surface area contributed by atoms with E-state index in [0.717, 1.165) is 6.07 Å². The highest BCUT2D eigenvalue weighted by Crippen LogP contribution is 2.23. The predicted octanol–water partition coefficient (Wildman–Crippen LogP) is 1.56. The van der Waals surface area contributed by atoms with Gasteiger partial charge in [0.05, 0.1) is 5.56 Å². The molecule has 0 saturated heterocycles. The first kappa shape index (κ1) is 15.5. The number of hydrogen-bond donors (Lipinski definition) is 3. The molecule has 0 aliphatic heterocycles. The lowest BCUT2D eigenvalue weighted by atomic mass is 10.1.